The van der Waals surface area contributed by atoms with Gasteiger partial charge in [0.25, 0.3) is 0 Å². The zero-order valence-corrected chi connectivity index (χ0v) is 11.4. The SMILES string of the molecule is CNC1(c2ccc3c(c2)OCCCO3)CCOCC1. The lowest BCUT2D eigenvalue weighted by Crippen LogP contribution is -2.44. The molecule has 1 N–H and O–H groups in total. The maximum Gasteiger partial charge on any atom is 0.161 e. The van der Waals surface area contributed by atoms with Crippen molar-refractivity contribution in [3.8, 4) is 11.5 Å². The highest BCUT2D eigenvalue weighted by molar-refractivity contribution is 5.45. The lowest BCUT2D eigenvalue weighted by molar-refractivity contribution is 0.0397. The predicted molar refractivity (Wildman–Crippen MR) is 72.8 cm³/mol. The third kappa shape index (κ3) is 2.42. The standard InChI is InChI=1S/C15H21NO3/c1-16-15(5-9-17-10-6-15)12-3-4-13-14(11-12)19-8-2-7-18-13/h3-4,11,16H,2,5-10H2,1H3. The number of nitrogens with one attached hydrogen (secondary N) is 1. The summed E-state index contributed by atoms with van der Waals surface area (Å²) in [5.74, 6) is 1.73. The van der Waals surface area contributed by atoms with Crippen molar-refractivity contribution in [3.63, 3.8) is 0 Å². The van der Waals surface area contributed by atoms with E-state index in [-0.39, 0.29) is 5.54 Å². The fourth-order valence-corrected chi connectivity index (χ4v) is 2.86. The van der Waals surface area contributed by atoms with Gasteiger partial charge in [-0.25, -0.2) is 0 Å². The minimum atomic E-state index is 0.00292. The Kier molecular flexibility index (Phi) is 3.62. The van der Waals surface area contributed by atoms with Crippen molar-refractivity contribution in [2.45, 2.75) is 24.8 Å². The van der Waals surface area contributed by atoms with Crippen LogP contribution in [0.1, 0.15) is 24.8 Å². The number of benzene rings is 1. The summed E-state index contributed by atoms with van der Waals surface area (Å²) < 4.78 is 17.0. The third-order valence-corrected chi connectivity index (χ3v) is 4.13. The van der Waals surface area contributed by atoms with Crippen molar-refractivity contribution in [2.24, 2.45) is 0 Å². The van der Waals surface area contributed by atoms with Crippen LogP contribution >= 0.6 is 0 Å². The molecule has 0 aromatic heterocycles. The zero-order valence-electron chi connectivity index (χ0n) is 11.4. The molecule has 2 heterocycles. The molecule has 0 amide bonds. The molecule has 0 saturated carbocycles. The maximum absolute atomic E-state index is 5.79. The third-order valence-electron chi connectivity index (χ3n) is 4.13. The number of rotatable bonds is 2. The first-order chi connectivity index (χ1) is 9.34. The minimum absolute atomic E-state index is 0.00292. The Morgan fingerprint density at radius 1 is 1.00 bits per heavy atom. The molecule has 0 radical (unpaired) electrons. The van der Waals surface area contributed by atoms with Gasteiger partial charge in [-0.05, 0) is 37.6 Å². The van der Waals surface area contributed by atoms with Crippen LogP contribution < -0.4 is 14.8 Å². The van der Waals surface area contributed by atoms with Gasteiger partial charge in [0.2, 0.25) is 0 Å². The molecule has 3 rings (SSSR count). The topological polar surface area (TPSA) is 39.7 Å². The van der Waals surface area contributed by atoms with Crippen molar-refractivity contribution in [1.29, 1.82) is 0 Å². The lowest BCUT2D eigenvalue weighted by atomic mass is 9.82. The highest BCUT2D eigenvalue weighted by atomic mass is 16.5. The van der Waals surface area contributed by atoms with E-state index in [0.717, 1.165) is 57.2 Å². The summed E-state index contributed by atoms with van der Waals surface area (Å²) in [6, 6.07) is 6.31. The van der Waals surface area contributed by atoms with E-state index in [4.69, 9.17) is 14.2 Å². The number of hydrogen-bond donors (Lipinski definition) is 1. The minimum Gasteiger partial charge on any atom is -0.490 e. The second-order valence-corrected chi connectivity index (χ2v) is 5.16. The lowest BCUT2D eigenvalue weighted by Gasteiger charge is -2.37. The zero-order chi connectivity index (χ0) is 13.1. The van der Waals surface area contributed by atoms with Crippen LogP contribution in [-0.4, -0.2) is 33.5 Å². The molecule has 0 spiro atoms. The molecule has 2 aliphatic rings. The van der Waals surface area contributed by atoms with E-state index >= 15 is 0 Å². The molecule has 0 unspecified atom stereocenters. The number of fused-ring (bicyclic) bond motifs is 1. The average Bonchev–Trinajstić information content (AvgIpc) is 2.72. The molecule has 1 fully saturated rings. The summed E-state index contributed by atoms with van der Waals surface area (Å²) in [7, 11) is 2.02. The van der Waals surface area contributed by atoms with E-state index in [1.807, 2.05) is 13.1 Å². The monoisotopic (exact) mass is 263 g/mol. The summed E-state index contributed by atoms with van der Waals surface area (Å²) in [5.41, 5.74) is 1.27. The fraction of sp³-hybridized carbons (Fsp3) is 0.600. The summed E-state index contributed by atoms with van der Waals surface area (Å²) >= 11 is 0. The maximum atomic E-state index is 5.79. The van der Waals surface area contributed by atoms with E-state index in [1.54, 1.807) is 0 Å². The van der Waals surface area contributed by atoms with Crippen LogP contribution in [-0.2, 0) is 10.3 Å². The quantitative estimate of drug-likeness (QED) is 0.886. The van der Waals surface area contributed by atoms with Crippen molar-refractivity contribution in [2.75, 3.05) is 33.5 Å². The van der Waals surface area contributed by atoms with E-state index in [0.29, 0.717) is 0 Å². The van der Waals surface area contributed by atoms with Gasteiger partial charge in [-0.1, -0.05) is 6.07 Å². The van der Waals surface area contributed by atoms with Gasteiger partial charge in [0.05, 0.1) is 13.2 Å². The first-order valence-corrected chi connectivity index (χ1v) is 7.01. The summed E-state index contributed by atoms with van der Waals surface area (Å²) in [5, 5.41) is 3.48. The molecule has 1 aromatic carbocycles. The van der Waals surface area contributed by atoms with E-state index in [1.165, 1.54) is 5.56 Å². The van der Waals surface area contributed by atoms with Crippen molar-refractivity contribution in [1.82, 2.24) is 5.32 Å². The molecule has 4 nitrogen and oxygen atoms in total. The molecular weight excluding hydrogens is 242 g/mol. The molecule has 2 aliphatic heterocycles. The van der Waals surface area contributed by atoms with Crippen molar-refractivity contribution in [3.05, 3.63) is 23.8 Å². The molecule has 0 atom stereocenters. The van der Waals surface area contributed by atoms with Gasteiger partial charge in [-0.3, -0.25) is 0 Å². The Hall–Kier alpha value is -1.26. The number of hydrogen-bond acceptors (Lipinski definition) is 4. The Morgan fingerprint density at radius 3 is 2.47 bits per heavy atom. The van der Waals surface area contributed by atoms with Crippen LogP contribution in [0.15, 0.2) is 18.2 Å². The van der Waals surface area contributed by atoms with E-state index < -0.39 is 0 Å². The highest BCUT2D eigenvalue weighted by Crippen LogP contribution is 2.38. The summed E-state index contributed by atoms with van der Waals surface area (Å²) in [6.45, 7) is 3.06. The molecule has 1 saturated heterocycles. The van der Waals surface area contributed by atoms with E-state index in [2.05, 4.69) is 17.4 Å². The Labute approximate surface area is 114 Å². The predicted octanol–water partition coefficient (Wildman–Crippen LogP) is 2.07. The molecular formula is C15H21NO3. The van der Waals surface area contributed by atoms with Crippen molar-refractivity contribution < 1.29 is 14.2 Å². The van der Waals surface area contributed by atoms with Crippen LogP contribution in [0.3, 0.4) is 0 Å². The van der Waals surface area contributed by atoms with Gasteiger partial charge in [0.15, 0.2) is 11.5 Å². The Morgan fingerprint density at radius 2 is 1.74 bits per heavy atom. The molecule has 104 valence electrons. The normalized spacial score (nSPS) is 21.7. The van der Waals surface area contributed by atoms with Gasteiger partial charge < -0.3 is 19.5 Å². The first-order valence-electron chi connectivity index (χ1n) is 7.01. The second-order valence-electron chi connectivity index (χ2n) is 5.16. The van der Waals surface area contributed by atoms with Crippen LogP contribution in [0.2, 0.25) is 0 Å². The smallest absolute Gasteiger partial charge is 0.161 e. The fourth-order valence-electron chi connectivity index (χ4n) is 2.86. The van der Waals surface area contributed by atoms with Gasteiger partial charge in [-0.2, -0.15) is 0 Å². The molecule has 1 aromatic rings. The second kappa shape index (κ2) is 5.39. The van der Waals surface area contributed by atoms with Crippen LogP contribution in [0, 0.1) is 0 Å². The highest BCUT2D eigenvalue weighted by Gasteiger charge is 2.33. The number of ether oxygens (including phenoxy) is 3. The molecule has 4 heteroatoms. The summed E-state index contributed by atoms with van der Waals surface area (Å²) in [6.07, 6.45) is 2.92. The average molecular weight is 263 g/mol. The molecule has 0 aliphatic carbocycles. The van der Waals surface area contributed by atoms with Gasteiger partial charge >= 0.3 is 0 Å². The van der Waals surface area contributed by atoms with Crippen molar-refractivity contribution >= 4 is 0 Å². The molecule has 19 heavy (non-hydrogen) atoms. The van der Waals surface area contributed by atoms with Gasteiger partial charge in [-0.15, -0.1) is 0 Å². The van der Waals surface area contributed by atoms with Crippen LogP contribution in [0.4, 0.5) is 0 Å². The van der Waals surface area contributed by atoms with Crippen LogP contribution in [0.5, 0.6) is 11.5 Å². The first kappa shape index (κ1) is 12.8. The Balaban J connectivity index is 1.93. The summed E-state index contributed by atoms with van der Waals surface area (Å²) in [4.78, 5) is 0. The van der Waals surface area contributed by atoms with Gasteiger partial charge in [0, 0.05) is 25.2 Å². The largest absolute Gasteiger partial charge is 0.490 e. The molecule has 0 bridgehead atoms. The van der Waals surface area contributed by atoms with E-state index in [9.17, 15) is 0 Å². The Bertz CT molecular complexity index is 441. The van der Waals surface area contributed by atoms with Crippen LogP contribution in [0.25, 0.3) is 0 Å². The van der Waals surface area contributed by atoms with Gasteiger partial charge in [0.1, 0.15) is 0 Å².